The van der Waals surface area contributed by atoms with Crippen LogP contribution in [0.4, 0.5) is 13.2 Å². The lowest BCUT2D eigenvalue weighted by atomic mass is 9.67. The molecule has 2 atom stereocenters. The molecule has 0 saturated heterocycles. The fraction of sp³-hybridized carbons (Fsp3) is 0.194. The van der Waals surface area contributed by atoms with Gasteiger partial charge in [0, 0.05) is 29.5 Å². The lowest BCUT2D eigenvalue weighted by Crippen LogP contribution is -2.44. The van der Waals surface area contributed by atoms with Crippen molar-refractivity contribution in [2.24, 2.45) is 5.41 Å². The number of benzene rings is 3. The highest BCUT2D eigenvalue weighted by Crippen LogP contribution is 2.49. The molecule has 0 aliphatic carbocycles. The molecule has 2 heterocycles. The van der Waals surface area contributed by atoms with Crippen molar-refractivity contribution in [2.75, 3.05) is 0 Å². The third-order valence-electron chi connectivity index (χ3n) is 7.14. The number of alkyl halides is 3. The molecule has 1 aliphatic rings. The van der Waals surface area contributed by atoms with E-state index < -0.39 is 34.8 Å². The normalized spacial score (nSPS) is 18.4. The molecule has 5 nitrogen and oxygen atoms in total. The molecule has 5 rings (SSSR count). The predicted molar refractivity (Wildman–Crippen MR) is 138 cm³/mol. The summed E-state index contributed by atoms with van der Waals surface area (Å²) in [5.74, 6) is -1.43. The minimum absolute atomic E-state index is 0.0789. The Labute approximate surface area is 222 Å². The number of nitrogens with zero attached hydrogens (tertiary/aromatic N) is 1. The summed E-state index contributed by atoms with van der Waals surface area (Å²) in [5, 5.41) is 0.0789. The van der Waals surface area contributed by atoms with Crippen molar-refractivity contribution < 1.29 is 32.3 Å². The van der Waals surface area contributed by atoms with E-state index in [1.165, 1.54) is 16.7 Å². The van der Waals surface area contributed by atoms with Gasteiger partial charge in [-0.2, -0.15) is 13.2 Å². The Bertz CT molecular complexity index is 1620. The van der Waals surface area contributed by atoms with Crippen molar-refractivity contribution >= 4 is 28.4 Å². The van der Waals surface area contributed by atoms with E-state index >= 15 is 0 Å². The molecule has 196 valence electrons. The molecule has 0 spiro atoms. The van der Waals surface area contributed by atoms with Gasteiger partial charge in [-0.3, -0.25) is 14.4 Å². The number of rotatable bonds is 7. The van der Waals surface area contributed by atoms with Gasteiger partial charge in [0.05, 0.1) is 17.6 Å². The first-order valence-corrected chi connectivity index (χ1v) is 12.2. The lowest BCUT2D eigenvalue weighted by molar-refractivity contribution is -0.156. The van der Waals surface area contributed by atoms with Crippen LogP contribution < -0.4 is 0 Å². The molecule has 4 aromatic rings. The van der Waals surface area contributed by atoms with Gasteiger partial charge in [0.1, 0.15) is 6.61 Å². The number of carbonyl (C=O) groups is 3. The maximum Gasteiger partial charge on any atom is 0.454 e. The van der Waals surface area contributed by atoms with E-state index in [0.29, 0.717) is 22.2 Å². The molecule has 0 radical (unpaired) electrons. The van der Waals surface area contributed by atoms with Crippen molar-refractivity contribution in [2.45, 2.75) is 31.7 Å². The highest BCUT2D eigenvalue weighted by molar-refractivity contribution is 6.11. The Hall–Kier alpha value is -4.64. The topological polar surface area (TPSA) is 65.4 Å². The summed E-state index contributed by atoms with van der Waals surface area (Å²) in [4.78, 5) is 39.4. The molecule has 0 saturated carbocycles. The third kappa shape index (κ3) is 4.61. The molecule has 2 unspecified atom stereocenters. The number of Topliss-reactive ketones (excluding diaryl/α,β-unsaturated/α-hetero) is 2. The highest BCUT2D eigenvalue weighted by atomic mass is 19.4. The van der Waals surface area contributed by atoms with Crippen molar-refractivity contribution in [1.29, 1.82) is 0 Å². The van der Waals surface area contributed by atoms with Crippen LogP contribution in [-0.2, 0) is 22.7 Å². The second-order valence-electron chi connectivity index (χ2n) is 9.46. The fourth-order valence-electron chi connectivity index (χ4n) is 5.25. The average molecular weight is 530 g/mol. The zero-order valence-electron chi connectivity index (χ0n) is 20.6. The van der Waals surface area contributed by atoms with Crippen LogP contribution in [0.2, 0.25) is 0 Å². The Morgan fingerprint density at radius 3 is 2.28 bits per heavy atom. The largest absolute Gasteiger partial charge is 0.460 e. The van der Waals surface area contributed by atoms with Gasteiger partial charge in [-0.25, -0.2) is 0 Å². The molecule has 3 aromatic carbocycles. The Morgan fingerprint density at radius 2 is 1.64 bits per heavy atom. The van der Waals surface area contributed by atoms with Crippen molar-refractivity contribution in [3.8, 4) is 12.3 Å². The maximum atomic E-state index is 13.7. The molecule has 1 aromatic heterocycles. The first-order valence-electron chi connectivity index (χ1n) is 12.2. The molecule has 1 aliphatic heterocycles. The van der Waals surface area contributed by atoms with E-state index in [0.717, 1.165) is 6.20 Å². The van der Waals surface area contributed by atoms with Crippen LogP contribution in [0.15, 0.2) is 85.1 Å². The number of para-hydroxylation sites is 1. The zero-order chi connectivity index (χ0) is 27.8. The Balaban J connectivity index is 1.63. The number of aromatic nitrogens is 1. The molecule has 8 heteroatoms. The summed E-state index contributed by atoms with van der Waals surface area (Å²) in [7, 11) is 0. The second kappa shape index (κ2) is 9.91. The van der Waals surface area contributed by atoms with Gasteiger partial charge in [0.15, 0.2) is 11.2 Å². The summed E-state index contributed by atoms with van der Waals surface area (Å²) in [6.07, 6.45) is 1.80. The lowest BCUT2D eigenvalue weighted by Gasteiger charge is -2.39. The van der Waals surface area contributed by atoms with E-state index in [2.05, 4.69) is 5.92 Å². The zero-order valence-corrected chi connectivity index (χ0v) is 20.6. The average Bonchev–Trinajstić information content (AvgIpc) is 3.32. The van der Waals surface area contributed by atoms with E-state index in [-0.39, 0.29) is 30.7 Å². The number of halogens is 3. The fourth-order valence-corrected chi connectivity index (χ4v) is 5.25. The van der Waals surface area contributed by atoms with Gasteiger partial charge >= 0.3 is 12.1 Å². The SMILES string of the molecule is C#CC1(C(=O)OCc2ccccc2)Cn2cc(C(=O)C(F)(F)F)c3cccc(c32)C1CC(=O)c1ccccc1. The van der Waals surface area contributed by atoms with E-state index in [9.17, 15) is 27.6 Å². The van der Waals surface area contributed by atoms with Crippen molar-refractivity contribution in [1.82, 2.24) is 4.57 Å². The predicted octanol–water partition coefficient (Wildman–Crippen LogP) is 6.12. The van der Waals surface area contributed by atoms with Gasteiger partial charge in [-0.05, 0) is 11.1 Å². The van der Waals surface area contributed by atoms with Gasteiger partial charge in [0.2, 0.25) is 0 Å². The standard InChI is InChI=1S/C31H22F3NO4/c1-2-30(29(38)39-18-20-10-5-3-6-11-20)19-35-17-24(28(37)31(32,33)34)22-14-9-15-23(27(22)35)25(30)16-26(36)21-12-7-4-8-13-21/h1,3-15,17,25H,16,18-19H2. The van der Waals surface area contributed by atoms with Crippen LogP contribution >= 0.6 is 0 Å². The van der Waals surface area contributed by atoms with Crippen molar-refractivity contribution in [3.63, 3.8) is 0 Å². The summed E-state index contributed by atoms with van der Waals surface area (Å²) >= 11 is 0. The number of ketones is 2. The molecular weight excluding hydrogens is 507 g/mol. The van der Waals surface area contributed by atoms with Crippen molar-refractivity contribution in [3.05, 3.63) is 107 Å². The van der Waals surface area contributed by atoms with Gasteiger partial charge in [-0.15, -0.1) is 6.42 Å². The minimum atomic E-state index is -5.09. The highest BCUT2D eigenvalue weighted by Gasteiger charge is 2.52. The molecule has 0 fully saturated rings. The van der Waals surface area contributed by atoms with Crippen LogP contribution in [-0.4, -0.2) is 28.3 Å². The van der Waals surface area contributed by atoms with Crippen LogP contribution in [0.25, 0.3) is 10.9 Å². The second-order valence-corrected chi connectivity index (χ2v) is 9.46. The number of carbonyl (C=O) groups excluding carboxylic acids is 3. The summed E-state index contributed by atoms with van der Waals surface area (Å²) < 4.78 is 47.3. The van der Waals surface area contributed by atoms with Crippen LogP contribution in [0.3, 0.4) is 0 Å². The van der Waals surface area contributed by atoms with Crippen LogP contribution in [0, 0.1) is 17.8 Å². The smallest absolute Gasteiger partial charge is 0.454 e. The van der Waals surface area contributed by atoms with Gasteiger partial charge < -0.3 is 9.30 Å². The third-order valence-corrected chi connectivity index (χ3v) is 7.14. The quantitative estimate of drug-likeness (QED) is 0.164. The monoisotopic (exact) mass is 529 g/mol. The number of terminal acetylenes is 1. The van der Waals surface area contributed by atoms with Crippen LogP contribution in [0.1, 0.15) is 44.2 Å². The number of esters is 1. The first-order chi connectivity index (χ1) is 18.7. The van der Waals surface area contributed by atoms with E-state index in [4.69, 9.17) is 11.2 Å². The number of hydrogen-bond acceptors (Lipinski definition) is 4. The minimum Gasteiger partial charge on any atom is -0.460 e. The number of hydrogen-bond donors (Lipinski definition) is 0. The molecule has 0 bridgehead atoms. The Kier molecular flexibility index (Phi) is 6.61. The van der Waals surface area contributed by atoms with Gasteiger partial charge in [-0.1, -0.05) is 84.8 Å². The van der Waals surface area contributed by atoms with E-state index in [1.54, 1.807) is 60.7 Å². The molecular formula is C31H22F3NO4. The Morgan fingerprint density at radius 1 is 0.974 bits per heavy atom. The maximum absolute atomic E-state index is 13.7. The van der Waals surface area contributed by atoms with Crippen LogP contribution in [0.5, 0.6) is 0 Å². The first kappa shape index (κ1) is 26.0. The number of ether oxygens (including phenoxy) is 1. The van der Waals surface area contributed by atoms with Gasteiger partial charge in [0.25, 0.3) is 5.78 Å². The molecule has 0 amide bonds. The summed E-state index contributed by atoms with van der Waals surface area (Å²) in [6, 6.07) is 21.9. The summed E-state index contributed by atoms with van der Waals surface area (Å²) in [5.41, 5.74) is -0.415. The molecule has 0 N–H and O–H groups in total. The molecule has 39 heavy (non-hydrogen) atoms. The van der Waals surface area contributed by atoms with E-state index in [1.807, 2.05) is 6.07 Å². The summed E-state index contributed by atoms with van der Waals surface area (Å²) in [6.45, 7) is -0.342.